The fraction of sp³-hybridized carbons (Fsp3) is 0.737. The number of piperidine rings is 1. The first-order valence-corrected chi connectivity index (χ1v) is 9.34. The van der Waals surface area contributed by atoms with E-state index < -0.39 is 0 Å². The van der Waals surface area contributed by atoms with Crippen LogP contribution in [0.2, 0.25) is 0 Å². The van der Waals surface area contributed by atoms with Crippen molar-refractivity contribution in [3.63, 3.8) is 0 Å². The molecule has 2 aliphatic heterocycles. The van der Waals surface area contributed by atoms with E-state index in [1.807, 2.05) is 19.9 Å². The van der Waals surface area contributed by atoms with Gasteiger partial charge in [-0.2, -0.15) is 0 Å². The normalized spacial score (nSPS) is 24.2. The molecule has 1 aromatic heterocycles. The Hall–Kier alpha value is -1.69. The summed E-state index contributed by atoms with van der Waals surface area (Å²) in [4.78, 5) is 23.9. The first-order valence-electron chi connectivity index (χ1n) is 9.34. The van der Waals surface area contributed by atoms with Gasteiger partial charge in [0.25, 0.3) is 0 Å². The summed E-state index contributed by atoms with van der Waals surface area (Å²) < 4.78 is 5.73. The first-order chi connectivity index (χ1) is 11.8. The molecular formula is C19H30N4O2. The number of amides is 1. The zero-order valence-corrected chi connectivity index (χ0v) is 15.8. The predicted molar refractivity (Wildman–Crippen MR) is 97.6 cm³/mol. The van der Waals surface area contributed by atoms with Crippen molar-refractivity contribution < 1.29 is 9.53 Å². The third kappa shape index (κ3) is 4.69. The second-order valence-corrected chi connectivity index (χ2v) is 8.02. The summed E-state index contributed by atoms with van der Waals surface area (Å²) in [6.45, 7) is 10.6. The minimum atomic E-state index is -0.139. The summed E-state index contributed by atoms with van der Waals surface area (Å²) in [6.07, 6.45) is 3.50. The van der Waals surface area contributed by atoms with Gasteiger partial charge in [-0.3, -0.25) is 4.79 Å². The number of aryl methyl sites for hydroxylation is 2. The number of carbonyl (C=O) groups excluding carboxylic acids is 1. The predicted octanol–water partition coefficient (Wildman–Crippen LogP) is 2.38. The molecule has 2 fully saturated rings. The largest absolute Gasteiger partial charge is 0.375 e. The average Bonchev–Trinajstić information content (AvgIpc) is 2.53. The number of rotatable bonds is 3. The Morgan fingerprint density at radius 2 is 1.84 bits per heavy atom. The minimum absolute atomic E-state index is 0.0908. The van der Waals surface area contributed by atoms with Crippen molar-refractivity contribution in [2.75, 3.05) is 24.6 Å². The van der Waals surface area contributed by atoms with Crippen LogP contribution in [0.3, 0.4) is 0 Å². The Labute approximate surface area is 150 Å². The number of aromatic nitrogens is 2. The average molecular weight is 346 g/mol. The van der Waals surface area contributed by atoms with Crippen LogP contribution in [0.15, 0.2) is 6.07 Å². The van der Waals surface area contributed by atoms with Gasteiger partial charge in [-0.05, 0) is 59.4 Å². The lowest BCUT2D eigenvalue weighted by atomic mass is 9.91. The Morgan fingerprint density at radius 1 is 1.20 bits per heavy atom. The van der Waals surface area contributed by atoms with Crippen molar-refractivity contribution in [3.05, 3.63) is 17.5 Å². The number of hydrogen-bond acceptors (Lipinski definition) is 5. The Morgan fingerprint density at radius 3 is 2.44 bits per heavy atom. The van der Waals surface area contributed by atoms with Gasteiger partial charge in [-0.25, -0.2) is 9.97 Å². The van der Waals surface area contributed by atoms with Crippen molar-refractivity contribution in [1.29, 1.82) is 0 Å². The molecule has 0 radical (unpaired) electrons. The number of anilines is 1. The molecule has 0 aromatic carbocycles. The van der Waals surface area contributed by atoms with Crippen LogP contribution in [-0.4, -0.2) is 47.2 Å². The molecule has 6 heteroatoms. The fourth-order valence-corrected chi connectivity index (χ4v) is 3.86. The lowest BCUT2D eigenvalue weighted by molar-refractivity contribution is -0.128. The van der Waals surface area contributed by atoms with Crippen molar-refractivity contribution in [3.8, 4) is 0 Å². The molecular weight excluding hydrogens is 316 g/mol. The molecule has 6 nitrogen and oxygen atoms in total. The van der Waals surface area contributed by atoms with Gasteiger partial charge in [0.2, 0.25) is 11.9 Å². The number of nitrogens with zero attached hydrogens (tertiary/aromatic N) is 3. The molecule has 1 atom stereocenters. The quantitative estimate of drug-likeness (QED) is 0.910. The molecule has 0 unspecified atom stereocenters. The molecule has 0 spiro atoms. The maximum Gasteiger partial charge on any atom is 0.225 e. The topological polar surface area (TPSA) is 67.4 Å². The van der Waals surface area contributed by atoms with Crippen LogP contribution in [0.25, 0.3) is 0 Å². The van der Waals surface area contributed by atoms with Crippen molar-refractivity contribution in [2.45, 2.75) is 65.0 Å². The van der Waals surface area contributed by atoms with Crippen LogP contribution in [0.1, 0.15) is 50.9 Å². The standard InChI is InChI=1S/C19H30N4O2/c1-13-11-14(2)21-18(20-13)23-8-5-15(6-9-23)17(24)22-16-7-10-25-19(3,4)12-16/h11,15-16H,5-10,12H2,1-4H3,(H,22,24)/t16-/m1/s1. The first kappa shape index (κ1) is 18.1. The third-order valence-electron chi connectivity index (χ3n) is 5.16. The smallest absolute Gasteiger partial charge is 0.225 e. The van der Waals surface area contributed by atoms with E-state index >= 15 is 0 Å². The fourth-order valence-electron chi connectivity index (χ4n) is 3.86. The number of carbonyl (C=O) groups is 1. The molecule has 2 saturated heterocycles. The van der Waals surface area contributed by atoms with Crippen LogP contribution in [0.4, 0.5) is 5.95 Å². The number of ether oxygens (including phenoxy) is 1. The third-order valence-corrected chi connectivity index (χ3v) is 5.16. The number of nitrogens with one attached hydrogen (secondary N) is 1. The molecule has 1 amide bonds. The maximum absolute atomic E-state index is 12.6. The van der Waals surface area contributed by atoms with E-state index in [1.165, 1.54) is 0 Å². The van der Waals surface area contributed by atoms with Crippen molar-refractivity contribution in [1.82, 2.24) is 15.3 Å². The Bertz CT molecular complexity index is 604. The molecule has 0 aliphatic carbocycles. The van der Waals surface area contributed by atoms with E-state index in [9.17, 15) is 4.79 Å². The molecule has 3 rings (SSSR count). The molecule has 1 N–H and O–H groups in total. The maximum atomic E-state index is 12.6. The molecule has 25 heavy (non-hydrogen) atoms. The molecule has 138 valence electrons. The highest BCUT2D eigenvalue weighted by molar-refractivity contribution is 5.79. The SMILES string of the molecule is Cc1cc(C)nc(N2CCC(C(=O)N[C@@H]3CCOC(C)(C)C3)CC2)n1. The summed E-state index contributed by atoms with van der Waals surface area (Å²) in [6, 6.07) is 2.22. The van der Waals surface area contributed by atoms with Gasteiger partial charge < -0.3 is 15.0 Å². The highest BCUT2D eigenvalue weighted by Gasteiger charge is 2.32. The van der Waals surface area contributed by atoms with Gasteiger partial charge >= 0.3 is 0 Å². The number of hydrogen-bond donors (Lipinski definition) is 1. The summed E-state index contributed by atoms with van der Waals surface area (Å²) >= 11 is 0. The van der Waals surface area contributed by atoms with Gasteiger partial charge in [0.05, 0.1) is 5.60 Å². The van der Waals surface area contributed by atoms with E-state index in [4.69, 9.17) is 4.74 Å². The van der Waals surface area contributed by atoms with E-state index in [1.54, 1.807) is 0 Å². The lowest BCUT2D eigenvalue weighted by Crippen LogP contribution is -2.49. The van der Waals surface area contributed by atoms with Gasteiger partial charge in [0.15, 0.2) is 0 Å². The van der Waals surface area contributed by atoms with Gasteiger partial charge in [0.1, 0.15) is 0 Å². The molecule has 1 aromatic rings. The second-order valence-electron chi connectivity index (χ2n) is 8.02. The summed E-state index contributed by atoms with van der Waals surface area (Å²) in [5.41, 5.74) is 1.84. The van der Waals surface area contributed by atoms with Crippen LogP contribution < -0.4 is 10.2 Å². The minimum Gasteiger partial charge on any atom is -0.375 e. The molecule has 2 aliphatic rings. The Balaban J connectivity index is 1.52. The zero-order chi connectivity index (χ0) is 18.0. The van der Waals surface area contributed by atoms with E-state index in [0.29, 0.717) is 0 Å². The summed E-state index contributed by atoms with van der Waals surface area (Å²) in [7, 11) is 0. The van der Waals surface area contributed by atoms with Crippen LogP contribution in [0.5, 0.6) is 0 Å². The van der Waals surface area contributed by atoms with E-state index in [-0.39, 0.29) is 23.5 Å². The summed E-state index contributed by atoms with van der Waals surface area (Å²) in [5, 5.41) is 3.25. The molecule has 0 saturated carbocycles. The van der Waals surface area contributed by atoms with Gasteiger partial charge in [-0.1, -0.05) is 0 Å². The van der Waals surface area contributed by atoms with Crippen LogP contribution >= 0.6 is 0 Å². The molecule has 0 bridgehead atoms. The monoisotopic (exact) mass is 346 g/mol. The summed E-state index contributed by atoms with van der Waals surface area (Å²) in [5.74, 6) is 1.08. The van der Waals surface area contributed by atoms with Gasteiger partial charge in [-0.15, -0.1) is 0 Å². The highest BCUT2D eigenvalue weighted by atomic mass is 16.5. The van der Waals surface area contributed by atoms with E-state index in [2.05, 4.69) is 34.0 Å². The van der Waals surface area contributed by atoms with Crippen LogP contribution in [0, 0.1) is 19.8 Å². The Kier molecular flexibility index (Phi) is 5.27. The highest BCUT2D eigenvalue weighted by Crippen LogP contribution is 2.26. The zero-order valence-electron chi connectivity index (χ0n) is 15.8. The van der Waals surface area contributed by atoms with Crippen LogP contribution in [-0.2, 0) is 9.53 Å². The van der Waals surface area contributed by atoms with Crippen molar-refractivity contribution >= 4 is 11.9 Å². The van der Waals surface area contributed by atoms with Gasteiger partial charge in [0, 0.05) is 43.0 Å². The lowest BCUT2D eigenvalue weighted by Gasteiger charge is -2.37. The molecule has 3 heterocycles. The van der Waals surface area contributed by atoms with E-state index in [0.717, 1.165) is 62.7 Å². The van der Waals surface area contributed by atoms with Crippen molar-refractivity contribution in [2.24, 2.45) is 5.92 Å². The second kappa shape index (κ2) is 7.28.